The van der Waals surface area contributed by atoms with Crippen LogP contribution in [0.2, 0.25) is 0 Å². The van der Waals surface area contributed by atoms with Crippen molar-refractivity contribution in [3.63, 3.8) is 0 Å². The minimum atomic E-state index is -0.779. The molecule has 8 heteroatoms. The number of ether oxygens (including phenoxy) is 1. The van der Waals surface area contributed by atoms with Crippen LogP contribution in [0.1, 0.15) is 19.3 Å². The summed E-state index contributed by atoms with van der Waals surface area (Å²) in [6, 6.07) is 4.24. The van der Waals surface area contributed by atoms with E-state index in [0.717, 1.165) is 6.42 Å². The molecule has 1 saturated carbocycles. The van der Waals surface area contributed by atoms with Crippen molar-refractivity contribution in [1.82, 2.24) is 0 Å². The van der Waals surface area contributed by atoms with E-state index in [1.165, 1.54) is 7.11 Å². The minimum Gasteiger partial charge on any atom is -0.494 e. The molecule has 3 rings (SSSR count). The first kappa shape index (κ1) is 15.3. The summed E-state index contributed by atoms with van der Waals surface area (Å²) in [7, 11) is 1.49. The van der Waals surface area contributed by atoms with Crippen molar-refractivity contribution in [3.05, 3.63) is 28.3 Å². The molecule has 1 aromatic carbocycles. The van der Waals surface area contributed by atoms with Crippen LogP contribution in [0.5, 0.6) is 5.75 Å². The van der Waals surface area contributed by atoms with Crippen molar-refractivity contribution in [2.24, 2.45) is 5.92 Å². The highest BCUT2D eigenvalue weighted by Gasteiger charge is 2.53. The predicted molar refractivity (Wildman–Crippen MR) is 82.1 cm³/mol. The number of nitrogens with one attached hydrogen (secondary N) is 1. The first-order chi connectivity index (χ1) is 11.0. The average molecular weight is 319 g/mol. The highest BCUT2D eigenvalue weighted by Crippen LogP contribution is 2.36. The van der Waals surface area contributed by atoms with Gasteiger partial charge in [-0.2, -0.15) is 0 Å². The number of nitrogens with zero attached hydrogens (tertiary/aromatic N) is 2. The van der Waals surface area contributed by atoms with Crippen LogP contribution in [0.25, 0.3) is 0 Å². The topological polar surface area (TPSA) is 102 Å². The number of carbonyl (C=O) groups excluding carboxylic acids is 2. The molecule has 1 aliphatic carbocycles. The third kappa shape index (κ3) is 2.96. The van der Waals surface area contributed by atoms with Crippen LogP contribution in [0.4, 0.5) is 11.4 Å². The average Bonchev–Trinajstić information content (AvgIpc) is 3.23. The first-order valence-electron chi connectivity index (χ1n) is 7.44. The summed E-state index contributed by atoms with van der Waals surface area (Å²) in [4.78, 5) is 35.7. The summed E-state index contributed by atoms with van der Waals surface area (Å²) >= 11 is 0. The van der Waals surface area contributed by atoms with Crippen molar-refractivity contribution in [2.75, 3.05) is 23.9 Å². The molecule has 0 spiro atoms. The molecule has 1 saturated heterocycles. The van der Waals surface area contributed by atoms with E-state index in [-0.39, 0.29) is 18.2 Å². The third-order valence-electron chi connectivity index (χ3n) is 4.18. The van der Waals surface area contributed by atoms with E-state index in [1.807, 2.05) is 0 Å². The Morgan fingerprint density at radius 2 is 2.26 bits per heavy atom. The number of amides is 2. The van der Waals surface area contributed by atoms with Crippen LogP contribution in [-0.2, 0) is 9.59 Å². The van der Waals surface area contributed by atoms with Crippen LogP contribution < -0.4 is 15.0 Å². The minimum absolute atomic E-state index is 0.0480. The summed E-state index contributed by atoms with van der Waals surface area (Å²) < 4.78 is 5.31. The molecule has 0 radical (unpaired) electrons. The Kier molecular flexibility index (Phi) is 3.89. The highest BCUT2D eigenvalue weighted by atomic mass is 16.6. The number of rotatable bonds is 5. The lowest BCUT2D eigenvalue weighted by Crippen LogP contribution is -2.24. The molecule has 1 N–H and O–H groups in total. The van der Waals surface area contributed by atoms with Crippen LogP contribution in [0.15, 0.2) is 18.2 Å². The normalized spacial score (nSPS) is 22.8. The summed E-state index contributed by atoms with van der Waals surface area (Å²) in [5.41, 5.74) is 1.17. The van der Waals surface area contributed by atoms with Crippen LogP contribution in [-0.4, -0.2) is 36.4 Å². The molecule has 1 aromatic rings. The Hall–Kier alpha value is -2.64. The lowest BCUT2D eigenvalue weighted by atomic mass is 10.2. The van der Waals surface area contributed by atoms with Crippen LogP contribution in [0, 0.1) is 16.0 Å². The molecular weight excluding hydrogens is 302 g/mol. The Labute approximate surface area is 132 Å². The maximum Gasteiger partial charge on any atom is 0.234 e. The molecule has 0 bridgehead atoms. The quantitative estimate of drug-likeness (QED) is 0.653. The SMILES string of the molecule is COc1cc(NC(=O)C2CC2[N+](=O)[O-])ccc1N1CCCC1=O. The van der Waals surface area contributed by atoms with Gasteiger partial charge in [-0.05, 0) is 18.6 Å². The summed E-state index contributed by atoms with van der Waals surface area (Å²) in [5, 5.41) is 13.3. The van der Waals surface area contributed by atoms with E-state index in [4.69, 9.17) is 4.74 Å². The maximum absolute atomic E-state index is 12.0. The number of anilines is 2. The monoisotopic (exact) mass is 319 g/mol. The van der Waals surface area contributed by atoms with Crippen LogP contribution >= 0.6 is 0 Å². The standard InChI is InChI=1S/C15H17N3O5/c1-23-13-7-9(16-15(20)10-8-12(10)18(21)22)4-5-11(13)17-6-2-3-14(17)19/h4-5,7,10,12H,2-3,6,8H2,1H3,(H,16,20). The molecule has 2 atom stereocenters. The van der Waals surface area contributed by atoms with Gasteiger partial charge in [0, 0.05) is 36.1 Å². The van der Waals surface area contributed by atoms with Crippen molar-refractivity contribution in [3.8, 4) is 5.75 Å². The van der Waals surface area contributed by atoms with Gasteiger partial charge in [-0.3, -0.25) is 19.7 Å². The van der Waals surface area contributed by atoms with Crippen LogP contribution in [0.3, 0.4) is 0 Å². The van der Waals surface area contributed by atoms with E-state index in [1.54, 1.807) is 23.1 Å². The van der Waals surface area contributed by atoms with Gasteiger partial charge in [0.05, 0.1) is 12.8 Å². The fraction of sp³-hybridized carbons (Fsp3) is 0.467. The van der Waals surface area contributed by atoms with Gasteiger partial charge >= 0.3 is 0 Å². The van der Waals surface area contributed by atoms with Gasteiger partial charge < -0.3 is 15.0 Å². The second kappa shape index (κ2) is 5.86. The molecule has 122 valence electrons. The number of hydrogen-bond acceptors (Lipinski definition) is 5. The molecule has 23 heavy (non-hydrogen) atoms. The molecule has 2 amide bonds. The Morgan fingerprint density at radius 1 is 1.48 bits per heavy atom. The van der Waals surface area contributed by atoms with E-state index < -0.39 is 16.9 Å². The number of nitro groups is 1. The van der Waals surface area contributed by atoms with Gasteiger partial charge in [0.25, 0.3) is 0 Å². The van der Waals surface area contributed by atoms with Crippen molar-refractivity contribution >= 4 is 23.2 Å². The summed E-state index contributed by atoms with van der Waals surface area (Å²) in [6.45, 7) is 0.646. The van der Waals surface area contributed by atoms with Gasteiger partial charge in [0.1, 0.15) is 11.7 Å². The molecule has 2 aliphatic rings. The van der Waals surface area contributed by atoms with Crippen molar-refractivity contribution in [2.45, 2.75) is 25.3 Å². The molecule has 1 aliphatic heterocycles. The second-order valence-electron chi connectivity index (χ2n) is 5.72. The zero-order valence-corrected chi connectivity index (χ0v) is 12.7. The lowest BCUT2D eigenvalue weighted by Gasteiger charge is -2.19. The smallest absolute Gasteiger partial charge is 0.234 e. The zero-order chi connectivity index (χ0) is 16.6. The van der Waals surface area contributed by atoms with Crippen molar-refractivity contribution in [1.29, 1.82) is 0 Å². The van der Waals surface area contributed by atoms with Gasteiger partial charge in [0.2, 0.25) is 17.9 Å². The highest BCUT2D eigenvalue weighted by molar-refractivity contribution is 5.98. The molecule has 2 unspecified atom stereocenters. The van der Waals surface area contributed by atoms with E-state index in [0.29, 0.717) is 30.1 Å². The number of hydrogen-bond donors (Lipinski definition) is 1. The van der Waals surface area contributed by atoms with Crippen molar-refractivity contribution < 1.29 is 19.2 Å². The molecule has 2 fully saturated rings. The Morgan fingerprint density at radius 3 is 2.83 bits per heavy atom. The Bertz CT molecular complexity index is 675. The predicted octanol–water partition coefficient (Wildman–Crippen LogP) is 1.43. The lowest BCUT2D eigenvalue weighted by molar-refractivity contribution is -0.497. The van der Waals surface area contributed by atoms with Gasteiger partial charge in [-0.1, -0.05) is 0 Å². The fourth-order valence-electron chi connectivity index (χ4n) is 2.81. The number of carbonyl (C=O) groups is 2. The maximum atomic E-state index is 12.0. The zero-order valence-electron chi connectivity index (χ0n) is 12.7. The second-order valence-corrected chi connectivity index (χ2v) is 5.72. The summed E-state index contributed by atoms with van der Waals surface area (Å²) in [5.74, 6) is -0.402. The number of benzene rings is 1. The molecule has 0 aromatic heterocycles. The largest absolute Gasteiger partial charge is 0.494 e. The van der Waals surface area contributed by atoms with Gasteiger partial charge in [-0.15, -0.1) is 0 Å². The fourth-order valence-corrected chi connectivity index (χ4v) is 2.81. The van der Waals surface area contributed by atoms with E-state index in [2.05, 4.69) is 5.32 Å². The molecular formula is C15H17N3O5. The molecule has 8 nitrogen and oxygen atoms in total. The van der Waals surface area contributed by atoms with E-state index in [9.17, 15) is 19.7 Å². The van der Waals surface area contributed by atoms with E-state index >= 15 is 0 Å². The number of methoxy groups -OCH3 is 1. The van der Waals surface area contributed by atoms with Gasteiger partial charge in [-0.25, -0.2) is 0 Å². The first-order valence-corrected chi connectivity index (χ1v) is 7.44. The Balaban J connectivity index is 1.73. The third-order valence-corrected chi connectivity index (χ3v) is 4.18. The molecule has 1 heterocycles. The summed E-state index contributed by atoms with van der Waals surface area (Å²) in [6.07, 6.45) is 1.60. The van der Waals surface area contributed by atoms with Gasteiger partial charge in [0.15, 0.2) is 0 Å².